The van der Waals surface area contributed by atoms with Gasteiger partial charge in [0.1, 0.15) is 0 Å². The highest BCUT2D eigenvalue weighted by Crippen LogP contribution is 2.14. The SMILES string of the molecule is CCc1ccc(C(=O)CCC(=O)NC(CC)(CC)CN)cc1. The average Bonchev–Trinajstić information content (AvgIpc) is 2.57. The molecule has 0 saturated carbocycles. The third-order valence-electron chi connectivity index (χ3n) is 4.41. The van der Waals surface area contributed by atoms with Crippen LogP contribution in [0.5, 0.6) is 0 Å². The van der Waals surface area contributed by atoms with E-state index in [0.29, 0.717) is 12.1 Å². The first-order chi connectivity index (χ1) is 10.5. The molecule has 0 saturated heterocycles. The summed E-state index contributed by atoms with van der Waals surface area (Å²) in [6, 6.07) is 7.59. The molecule has 0 aliphatic carbocycles. The number of ketones is 1. The van der Waals surface area contributed by atoms with Crippen LogP contribution in [0.1, 0.15) is 62.4 Å². The van der Waals surface area contributed by atoms with E-state index in [-0.39, 0.29) is 30.1 Å². The van der Waals surface area contributed by atoms with E-state index in [1.807, 2.05) is 38.1 Å². The quantitative estimate of drug-likeness (QED) is 0.689. The Kier molecular flexibility index (Phi) is 7.25. The Morgan fingerprint density at radius 3 is 2.09 bits per heavy atom. The zero-order valence-electron chi connectivity index (χ0n) is 13.9. The Hall–Kier alpha value is -1.68. The zero-order valence-corrected chi connectivity index (χ0v) is 13.9. The van der Waals surface area contributed by atoms with Gasteiger partial charge in [0, 0.05) is 24.9 Å². The normalized spacial score (nSPS) is 11.3. The van der Waals surface area contributed by atoms with Crippen LogP contribution in [0.2, 0.25) is 0 Å². The lowest BCUT2D eigenvalue weighted by Crippen LogP contribution is -2.52. The fourth-order valence-corrected chi connectivity index (χ4v) is 2.42. The second kappa shape index (κ2) is 8.69. The molecule has 1 rings (SSSR count). The van der Waals surface area contributed by atoms with Crippen molar-refractivity contribution < 1.29 is 9.59 Å². The minimum Gasteiger partial charge on any atom is -0.349 e. The molecule has 0 aliphatic heterocycles. The number of carbonyl (C=O) groups is 2. The Morgan fingerprint density at radius 1 is 1.05 bits per heavy atom. The van der Waals surface area contributed by atoms with E-state index in [9.17, 15) is 9.59 Å². The summed E-state index contributed by atoms with van der Waals surface area (Å²) in [5.41, 5.74) is 7.29. The number of rotatable bonds is 9. The minimum absolute atomic E-state index is 0.00384. The fraction of sp³-hybridized carbons (Fsp3) is 0.556. The number of aryl methyl sites for hydroxylation is 1. The number of amides is 1. The Labute approximate surface area is 133 Å². The number of Topliss-reactive ketones (excluding diaryl/α,β-unsaturated/α-hetero) is 1. The molecule has 4 heteroatoms. The number of carbonyl (C=O) groups excluding carboxylic acids is 2. The Bertz CT molecular complexity index is 482. The van der Waals surface area contributed by atoms with Crippen molar-refractivity contribution in [2.75, 3.05) is 6.54 Å². The van der Waals surface area contributed by atoms with Crippen molar-refractivity contribution in [1.82, 2.24) is 5.32 Å². The van der Waals surface area contributed by atoms with Crippen molar-refractivity contribution in [3.63, 3.8) is 0 Å². The summed E-state index contributed by atoms with van der Waals surface area (Å²) < 4.78 is 0. The molecular formula is C18H28N2O2. The molecule has 1 aromatic rings. The largest absolute Gasteiger partial charge is 0.349 e. The summed E-state index contributed by atoms with van der Waals surface area (Å²) in [6.45, 7) is 6.51. The van der Waals surface area contributed by atoms with Gasteiger partial charge in [-0.2, -0.15) is 0 Å². The van der Waals surface area contributed by atoms with Crippen molar-refractivity contribution in [1.29, 1.82) is 0 Å². The first kappa shape index (κ1) is 18.4. The summed E-state index contributed by atoms with van der Waals surface area (Å²) in [7, 11) is 0. The summed E-state index contributed by atoms with van der Waals surface area (Å²) in [6.07, 6.45) is 2.96. The van der Waals surface area contributed by atoms with Crippen molar-refractivity contribution >= 4 is 11.7 Å². The number of nitrogens with one attached hydrogen (secondary N) is 1. The molecule has 0 bridgehead atoms. The maximum Gasteiger partial charge on any atom is 0.220 e. The summed E-state index contributed by atoms with van der Waals surface area (Å²) in [5.74, 6) is -0.100. The van der Waals surface area contributed by atoms with Gasteiger partial charge in [0.25, 0.3) is 0 Å². The van der Waals surface area contributed by atoms with Crippen LogP contribution < -0.4 is 11.1 Å². The van der Waals surface area contributed by atoms with Crippen LogP contribution in [-0.4, -0.2) is 23.8 Å². The lowest BCUT2D eigenvalue weighted by Gasteiger charge is -2.31. The standard InChI is InChI=1S/C18H28N2O2/c1-4-14-7-9-15(10-8-14)16(21)11-12-17(22)20-18(5-2,6-3)13-19/h7-10H,4-6,11-13,19H2,1-3H3,(H,20,22). The highest BCUT2D eigenvalue weighted by molar-refractivity contribution is 5.98. The van der Waals surface area contributed by atoms with E-state index >= 15 is 0 Å². The molecule has 22 heavy (non-hydrogen) atoms. The van der Waals surface area contributed by atoms with Crippen LogP contribution in [0.3, 0.4) is 0 Å². The molecule has 0 unspecified atom stereocenters. The molecule has 1 amide bonds. The zero-order chi connectivity index (χ0) is 16.6. The number of benzene rings is 1. The van der Waals surface area contributed by atoms with Crippen molar-refractivity contribution in [2.45, 2.75) is 58.4 Å². The topological polar surface area (TPSA) is 72.2 Å². The summed E-state index contributed by atoms with van der Waals surface area (Å²) in [4.78, 5) is 24.2. The molecule has 0 aromatic heterocycles. The molecule has 0 radical (unpaired) electrons. The molecule has 1 aromatic carbocycles. The molecule has 0 heterocycles. The lowest BCUT2D eigenvalue weighted by molar-refractivity contribution is -0.123. The third-order valence-corrected chi connectivity index (χ3v) is 4.41. The second-order valence-corrected chi connectivity index (χ2v) is 5.71. The van der Waals surface area contributed by atoms with E-state index in [2.05, 4.69) is 12.2 Å². The van der Waals surface area contributed by atoms with Gasteiger partial charge in [-0.15, -0.1) is 0 Å². The van der Waals surface area contributed by atoms with E-state index < -0.39 is 0 Å². The number of nitrogens with two attached hydrogens (primary N) is 1. The van der Waals surface area contributed by atoms with Crippen LogP contribution in [-0.2, 0) is 11.2 Å². The Balaban J connectivity index is 2.54. The maximum atomic E-state index is 12.1. The van der Waals surface area contributed by atoms with Crippen molar-refractivity contribution in [3.8, 4) is 0 Å². The monoisotopic (exact) mass is 304 g/mol. The van der Waals surface area contributed by atoms with Crippen LogP contribution >= 0.6 is 0 Å². The van der Waals surface area contributed by atoms with Crippen LogP contribution in [0.15, 0.2) is 24.3 Å². The first-order valence-corrected chi connectivity index (χ1v) is 8.13. The maximum absolute atomic E-state index is 12.1. The van der Waals surface area contributed by atoms with Gasteiger partial charge in [0.2, 0.25) is 5.91 Å². The molecule has 0 fully saturated rings. The highest BCUT2D eigenvalue weighted by atomic mass is 16.2. The molecular weight excluding hydrogens is 276 g/mol. The van der Waals surface area contributed by atoms with E-state index in [0.717, 1.165) is 19.3 Å². The number of hydrogen-bond acceptors (Lipinski definition) is 3. The van der Waals surface area contributed by atoms with Gasteiger partial charge < -0.3 is 11.1 Å². The van der Waals surface area contributed by atoms with E-state index in [1.54, 1.807) is 0 Å². The van der Waals surface area contributed by atoms with E-state index in [1.165, 1.54) is 5.56 Å². The Morgan fingerprint density at radius 2 is 1.64 bits per heavy atom. The number of hydrogen-bond donors (Lipinski definition) is 2. The van der Waals surface area contributed by atoms with Gasteiger partial charge in [0.05, 0.1) is 5.54 Å². The molecule has 0 spiro atoms. The van der Waals surface area contributed by atoms with Crippen molar-refractivity contribution in [3.05, 3.63) is 35.4 Å². The smallest absolute Gasteiger partial charge is 0.220 e. The molecule has 0 aliphatic rings. The summed E-state index contributed by atoms with van der Waals surface area (Å²) >= 11 is 0. The predicted molar refractivity (Wildman–Crippen MR) is 89.9 cm³/mol. The van der Waals surface area contributed by atoms with Crippen molar-refractivity contribution in [2.24, 2.45) is 5.73 Å². The van der Waals surface area contributed by atoms with E-state index in [4.69, 9.17) is 5.73 Å². The average molecular weight is 304 g/mol. The van der Waals surface area contributed by atoms with Gasteiger partial charge >= 0.3 is 0 Å². The highest BCUT2D eigenvalue weighted by Gasteiger charge is 2.26. The molecule has 122 valence electrons. The third kappa shape index (κ3) is 4.95. The minimum atomic E-state index is -0.344. The van der Waals surface area contributed by atoms with Gasteiger partial charge in [-0.25, -0.2) is 0 Å². The van der Waals surface area contributed by atoms with Gasteiger partial charge in [-0.3, -0.25) is 9.59 Å². The molecule has 0 atom stereocenters. The fourth-order valence-electron chi connectivity index (χ4n) is 2.42. The molecule has 4 nitrogen and oxygen atoms in total. The van der Waals surface area contributed by atoms with Gasteiger partial charge in [0.15, 0.2) is 5.78 Å². The van der Waals surface area contributed by atoms with Crippen LogP contribution in [0, 0.1) is 0 Å². The van der Waals surface area contributed by atoms with Crippen LogP contribution in [0.25, 0.3) is 0 Å². The van der Waals surface area contributed by atoms with Gasteiger partial charge in [-0.05, 0) is 24.8 Å². The van der Waals surface area contributed by atoms with Gasteiger partial charge in [-0.1, -0.05) is 45.0 Å². The first-order valence-electron chi connectivity index (χ1n) is 8.13. The predicted octanol–water partition coefficient (Wildman–Crippen LogP) is 2.85. The summed E-state index contributed by atoms with van der Waals surface area (Å²) in [5, 5.41) is 2.99. The van der Waals surface area contributed by atoms with Crippen LogP contribution in [0.4, 0.5) is 0 Å². The lowest BCUT2D eigenvalue weighted by atomic mass is 9.92. The second-order valence-electron chi connectivity index (χ2n) is 5.71. The molecule has 3 N–H and O–H groups in total.